The topological polar surface area (TPSA) is 44.5 Å². The van der Waals surface area contributed by atoms with Crippen LogP contribution in [-0.4, -0.2) is 20.8 Å². The van der Waals surface area contributed by atoms with E-state index >= 15 is 0 Å². The SMILES string of the molecule is COc1ccc(CCCN)c(F)c1OC. The molecule has 0 aliphatic heterocycles. The molecule has 0 aromatic heterocycles. The summed E-state index contributed by atoms with van der Waals surface area (Å²) in [5, 5.41) is 0. The molecular formula is C11H16FNO2. The van der Waals surface area contributed by atoms with Crippen molar-refractivity contribution in [3.8, 4) is 11.5 Å². The van der Waals surface area contributed by atoms with Crippen LogP contribution in [0, 0.1) is 5.82 Å². The molecule has 1 aromatic carbocycles. The summed E-state index contributed by atoms with van der Waals surface area (Å²) in [6.07, 6.45) is 1.37. The van der Waals surface area contributed by atoms with Crippen molar-refractivity contribution < 1.29 is 13.9 Å². The zero-order valence-electron chi connectivity index (χ0n) is 9.05. The van der Waals surface area contributed by atoms with Gasteiger partial charge >= 0.3 is 0 Å². The Morgan fingerprint density at radius 2 is 2.00 bits per heavy atom. The lowest BCUT2D eigenvalue weighted by molar-refractivity contribution is 0.336. The molecule has 1 rings (SSSR count). The lowest BCUT2D eigenvalue weighted by atomic mass is 10.1. The zero-order valence-corrected chi connectivity index (χ0v) is 9.05. The maximum atomic E-state index is 13.8. The number of rotatable bonds is 5. The molecule has 0 fully saturated rings. The molecule has 0 saturated heterocycles. The van der Waals surface area contributed by atoms with Gasteiger partial charge < -0.3 is 15.2 Å². The molecule has 0 saturated carbocycles. The predicted molar refractivity (Wildman–Crippen MR) is 56.9 cm³/mol. The molecule has 0 aliphatic rings. The van der Waals surface area contributed by atoms with Crippen LogP contribution < -0.4 is 15.2 Å². The minimum absolute atomic E-state index is 0.159. The van der Waals surface area contributed by atoms with E-state index in [4.69, 9.17) is 15.2 Å². The molecule has 1 aromatic rings. The molecule has 0 heterocycles. The van der Waals surface area contributed by atoms with E-state index in [1.54, 1.807) is 12.1 Å². The van der Waals surface area contributed by atoms with E-state index in [9.17, 15) is 4.39 Å². The Balaban J connectivity index is 3.00. The Bertz CT molecular complexity index is 329. The first kappa shape index (κ1) is 11.8. The van der Waals surface area contributed by atoms with Crippen LogP contribution in [-0.2, 0) is 6.42 Å². The summed E-state index contributed by atoms with van der Waals surface area (Å²) in [6.45, 7) is 0.549. The highest BCUT2D eigenvalue weighted by Gasteiger charge is 2.13. The van der Waals surface area contributed by atoms with E-state index in [1.165, 1.54) is 14.2 Å². The first-order valence-electron chi connectivity index (χ1n) is 4.84. The summed E-state index contributed by atoms with van der Waals surface area (Å²) >= 11 is 0. The number of benzene rings is 1. The van der Waals surface area contributed by atoms with Crippen LogP contribution in [0.15, 0.2) is 12.1 Å². The molecule has 0 spiro atoms. The molecule has 3 nitrogen and oxygen atoms in total. The third-order valence-electron chi connectivity index (χ3n) is 2.22. The number of aryl methyl sites for hydroxylation is 1. The number of nitrogens with two attached hydrogens (primary N) is 1. The van der Waals surface area contributed by atoms with Crippen LogP contribution in [0.25, 0.3) is 0 Å². The zero-order chi connectivity index (χ0) is 11.3. The van der Waals surface area contributed by atoms with E-state index in [0.29, 0.717) is 24.3 Å². The van der Waals surface area contributed by atoms with Crippen molar-refractivity contribution >= 4 is 0 Å². The molecule has 15 heavy (non-hydrogen) atoms. The second-order valence-corrected chi connectivity index (χ2v) is 3.17. The molecular weight excluding hydrogens is 197 g/mol. The number of methoxy groups -OCH3 is 2. The van der Waals surface area contributed by atoms with Gasteiger partial charge in [-0.15, -0.1) is 0 Å². The lowest BCUT2D eigenvalue weighted by Crippen LogP contribution is -2.03. The van der Waals surface area contributed by atoms with Gasteiger partial charge in [-0.3, -0.25) is 0 Å². The van der Waals surface area contributed by atoms with Crippen LogP contribution in [0.3, 0.4) is 0 Å². The Morgan fingerprint density at radius 1 is 1.27 bits per heavy atom. The van der Waals surface area contributed by atoms with Crippen molar-refractivity contribution in [1.29, 1.82) is 0 Å². The summed E-state index contributed by atoms with van der Waals surface area (Å²) in [7, 11) is 2.91. The van der Waals surface area contributed by atoms with Crippen molar-refractivity contribution in [1.82, 2.24) is 0 Å². The third-order valence-corrected chi connectivity index (χ3v) is 2.22. The fourth-order valence-corrected chi connectivity index (χ4v) is 1.42. The summed E-state index contributed by atoms with van der Waals surface area (Å²) in [6, 6.07) is 3.40. The Morgan fingerprint density at radius 3 is 2.53 bits per heavy atom. The van der Waals surface area contributed by atoms with Crippen molar-refractivity contribution in [3.05, 3.63) is 23.5 Å². The van der Waals surface area contributed by atoms with Crippen LogP contribution in [0.5, 0.6) is 11.5 Å². The summed E-state index contributed by atoms with van der Waals surface area (Å²) < 4.78 is 23.7. The molecule has 0 radical (unpaired) electrons. The first-order valence-corrected chi connectivity index (χ1v) is 4.84. The van der Waals surface area contributed by atoms with Gasteiger partial charge in [-0.1, -0.05) is 6.07 Å². The molecule has 0 unspecified atom stereocenters. The summed E-state index contributed by atoms with van der Waals surface area (Å²) in [4.78, 5) is 0. The number of halogens is 1. The molecule has 4 heteroatoms. The van der Waals surface area contributed by atoms with E-state index in [2.05, 4.69) is 0 Å². The number of hydrogen-bond acceptors (Lipinski definition) is 3. The smallest absolute Gasteiger partial charge is 0.197 e. The maximum Gasteiger partial charge on any atom is 0.197 e. The highest BCUT2D eigenvalue weighted by molar-refractivity contribution is 5.44. The first-order chi connectivity index (χ1) is 7.24. The monoisotopic (exact) mass is 213 g/mol. The van der Waals surface area contributed by atoms with Crippen LogP contribution in [0.1, 0.15) is 12.0 Å². The molecule has 0 bridgehead atoms. The number of hydrogen-bond donors (Lipinski definition) is 1. The average Bonchev–Trinajstić information content (AvgIpc) is 2.27. The van der Waals surface area contributed by atoms with E-state index in [1.807, 2.05) is 0 Å². The second kappa shape index (κ2) is 5.56. The van der Waals surface area contributed by atoms with Gasteiger partial charge in [0.05, 0.1) is 14.2 Å². The summed E-state index contributed by atoms with van der Waals surface area (Å²) in [5.74, 6) is 0.212. The van der Waals surface area contributed by atoms with Crippen molar-refractivity contribution in [3.63, 3.8) is 0 Å². The highest BCUT2D eigenvalue weighted by Crippen LogP contribution is 2.32. The van der Waals surface area contributed by atoms with E-state index < -0.39 is 0 Å². The van der Waals surface area contributed by atoms with Gasteiger partial charge in [0.1, 0.15) is 0 Å². The van der Waals surface area contributed by atoms with Crippen LogP contribution in [0.2, 0.25) is 0 Å². The lowest BCUT2D eigenvalue weighted by Gasteiger charge is -2.11. The van der Waals surface area contributed by atoms with Gasteiger partial charge in [0, 0.05) is 0 Å². The standard InChI is InChI=1S/C11H16FNO2/c1-14-9-6-5-8(4-3-7-13)10(12)11(9)15-2/h5-6H,3-4,7,13H2,1-2H3. The van der Waals surface area contributed by atoms with E-state index in [0.717, 1.165) is 6.42 Å². The number of ether oxygens (including phenoxy) is 2. The quantitative estimate of drug-likeness (QED) is 0.810. The van der Waals surface area contributed by atoms with Gasteiger partial charge in [0.2, 0.25) is 0 Å². The average molecular weight is 213 g/mol. The Labute approximate surface area is 89.0 Å². The maximum absolute atomic E-state index is 13.8. The summed E-state index contributed by atoms with van der Waals surface area (Å²) in [5.41, 5.74) is 5.98. The fourth-order valence-electron chi connectivity index (χ4n) is 1.42. The highest BCUT2D eigenvalue weighted by atomic mass is 19.1. The second-order valence-electron chi connectivity index (χ2n) is 3.17. The molecule has 0 amide bonds. The van der Waals surface area contributed by atoms with Crippen molar-refractivity contribution in [2.24, 2.45) is 5.73 Å². The van der Waals surface area contributed by atoms with Crippen molar-refractivity contribution in [2.75, 3.05) is 20.8 Å². The Hall–Kier alpha value is -1.29. The molecule has 2 N–H and O–H groups in total. The molecule has 84 valence electrons. The molecule has 0 atom stereocenters. The minimum Gasteiger partial charge on any atom is -0.493 e. The van der Waals surface area contributed by atoms with Crippen LogP contribution in [0.4, 0.5) is 4.39 Å². The van der Waals surface area contributed by atoms with E-state index in [-0.39, 0.29) is 11.6 Å². The minimum atomic E-state index is -0.356. The van der Waals surface area contributed by atoms with Crippen LogP contribution >= 0.6 is 0 Å². The van der Waals surface area contributed by atoms with Gasteiger partial charge in [0.25, 0.3) is 0 Å². The normalized spacial score (nSPS) is 10.1. The molecule has 0 aliphatic carbocycles. The Kier molecular flexibility index (Phi) is 4.37. The third kappa shape index (κ3) is 2.59. The van der Waals surface area contributed by atoms with Gasteiger partial charge in [-0.25, -0.2) is 4.39 Å². The fraction of sp³-hybridized carbons (Fsp3) is 0.455. The predicted octanol–water partition coefficient (Wildman–Crippen LogP) is 1.73. The largest absolute Gasteiger partial charge is 0.493 e. The van der Waals surface area contributed by atoms with Gasteiger partial charge in [0.15, 0.2) is 17.3 Å². The van der Waals surface area contributed by atoms with Gasteiger partial charge in [-0.05, 0) is 31.0 Å². The van der Waals surface area contributed by atoms with Crippen molar-refractivity contribution in [2.45, 2.75) is 12.8 Å². The van der Waals surface area contributed by atoms with Gasteiger partial charge in [-0.2, -0.15) is 0 Å².